The van der Waals surface area contributed by atoms with Crippen molar-refractivity contribution in [2.75, 3.05) is 7.05 Å². The summed E-state index contributed by atoms with van der Waals surface area (Å²) in [5, 5.41) is 16.9. The van der Waals surface area contributed by atoms with Crippen molar-refractivity contribution in [1.82, 2.24) is 9.88 Å². The van der Waals surface area contributed by atoms with Gasteiger partial charge in [0.25, 0.3) is 0 Å². The van der Waals surface area contributed by atoms with Crippen molar-refractivity contribution in [2.24, 2.45) is 10.2 Å². The molecule has 0 bridgehead atoms. The molecule has 0 spiro atoms. The lowest BCUT2D eigenvalue weighted by molar-refractivity contribution is -0.130. The molecular weight excluding hydrogens is 342 g/mol. The van der Waals surface area contributed by atoms with Crippen LogP contribution in [0.2, 0.25) is 0 Å². The first-order chi connectivity index (χ1) is 13.0. The molecule has 0 unspecified atom stereocenters. The van der Waals surface area contributed by atoms with Gasteiger partial charge >= 0.3 is 0 Å². The molecule has 136 valence electrons. The fourth-order valence-electron chi connectivity index (χ4n) is 2.70. The lowest BCUT2D eigenvalue weighted by atomic mass is 10.0. The minimum absolute atomic E-state index is 0.00435. The number of amides is 1. The third kappa shape index (κ3) is 4.59. The molecule has 3 rings (SSSR count). The highest BCUT2D eigenvalue weighted by Crippen LogP contribution is 2.37. The summed E-state index contributed by atoms with van der Waals surface area (Å²) < 4.78 is 5.49. The van der Waals surface area contributed by atoms with E-state index in [1.54, 1.807) is 36.2 Å². The van der Waals surface area contributed by atoms with Gasteiger partial charge < -0.3 is 9.32 Å². The molecule has 2 aromatic rings. The van der Waals surface area contributed by atoms with Gasteiger partial charge in [-0.15, -0.1) is 12.3 Å². The Morgan fingerprint density at radius 2 is 2.04 bits per heavy atom. The van der Waals surface area contributed by atoms with E-state index in [4.69, 9.17) is 16.1 Å². The largest absolute Gasteiger partial charge is 0.444 e. The number of benzene rings is 1. The van der Waals surface area contributed by atoms with E-state index in [1.165, 1.54) is 6.26 Å². The number of rotatable bonds is 8. The zero-order valence-corrected chi connectivity index (χ0v) is 15.1. The molecule has 1 aromatic carbocycles. The molecule has 0 atom stereocenters. The fraction of sp³-hybridized carbons (Fsp3) is 0.350. The van der Waals surface area contributed by atoms with Crippen LogP contribution in [0.5, 0.6) is 0 Å². The Labute approximate surface area is 157 Å². The van der Waals surface area contributed by atoms with Crippen LogP contribution in [-0.4, -0.2) is 28.5 Å². The van der Waals surface area contributed by atoms with Crippen LogP contribution < -0.4 is 0 Å². The van der Waals surface area contributed by atoms with Gasteiger partial charge in [-0.25, -0.2) is 4.98 Å². The maximum Gasteiger partial charge on any atom is 0.226 e. The number of nitrogens with zero attached hydrogens (tertiary/aromatic N) is 5. The van der Waals surface area contributed by atoms with Crippen LogP contribution in [0, 0.1) is 23.7 Å². The smallest absolute Gasteiger partial charge is 0.226 e. The average molecular weight is 361 g/mol. The van der Waals surface area contributed by atoms with Crippen LogP contribution in [0.1, 0.15) is 36.9 Å². The van der Waals surface area contributed by atoms with E-state index >= 15 is 0 Å². The minimum atomic E-state index is -0.445. The lowest BCUT2D eigenvalue weighted by Crippen LogP contribution is -2.27. The number of oxazole rings is 1. The summed E-state index contributed by atoms with van der Waals surface area (Å²) in [6, 6.07) is 9.04. The molecule has 1 amide bonds. The van der Waals surface area contributed by atoms with E-state index < -0.39 is 5.66 Å². The Kier molecular flexibility index (Phi) is 5.33. The maximum absolute atomic E-state index is 12.4. The number of hydrogen-bond acceptors (Lipinski definition) is 6. The molecule has 0 fully saturated rings. The van der Waals surface area contributed by atoms with Crippen molar-refractivity contribution in [3.8, 4) is 29.9 Å². The molecule has 0 saturated carbocycles. The molecule has 0 saturated heterocycles. The van der Waals surface area contributed by atoms with Crippen molar-refractivity contribution in [3.05, 3.63) is 41.8 Å². The van der Waals surface area contributed by atoms with Crippen LogP contribution in [0.25, 0.3) is 11.5 Å². The summed E-state index contributed by atoms with van der Waals surface area (Å²) in [7, 11) is 1.73. The van der Waals surface area contributed by atoms with Gasteiger partial charge in [0.1, 0.15) is 6.26 Å². The van der Waals surface area contributed by atoms with Crippen molar-refractivity contribution >= 4 is 5.91 Å². The van der Waals surface area contributed by atoms with Gasteiger partial charge in [-0.05, 0) is 24.3 Å². The number of aromatic nitrogens is 1. The monoisotopic (exact) mass is 361 g/mol. The van der Waals surface area contributed by atoms with Crippen LogP contribution in [0.3, 0.4) is 0 Å². The van der Waals surface area contributed by atoms with E-state index in [9.17, 15) is 4.79 Å². The SMILES string of the molecule is C#CCCC1(CCC(=O)N(C)Cc2coc(-c3ccc(C#N)cc3)n2)N=N1. The predicted molar refractivity (Wildman–Crippen MR) is 98.0 cm³/mol. The second-order valence-electron chi connectivity index (χ2n) is 6.47. The minimum Gasteiger partial charge on any atom is -0.444 e. The molecule has 1 aromatic heterocycles. The highest BCUT2D eigenvalue weighted by Gasteiger charge is 2.39. The van der Waals surface area contributed by atoms with Crippen LogP contribution >= 0.6 is 0 Å². The van der Waals surface area contributed by atoms with Crippen molar-refractivity contribution in [2.45, 2.75) is 37.9 Å². The zero-order valence-electron chi connectivity index (χ0n) is 15.1. The van der Waals surface area contributed by atoms with Gasteiger partial charge in [0, 0.05) is 38.3 Å². The first-order valence-electron chi connectivity index (χ1n) is 8.62. The van der Waals surface area contributed by atoms with Crippen molar-refractivity contribution < 1.29 is 9.21 Å². The second kappa shape index (κ2) is 7.84. The normalized spacial score (nSPS) is 13.6. The summed E-state index contributed by atoms with van der Waals surface area (Å²) in [5.74, 6) is 3.03. The highest BCUT2D eigenvalue weighted by atomic mass is 16.3. The number of terminal acetylenes is 1. The van der Waals surface area contributed by atoms with E-state index in [2.05, 4.69) is 27.2 Å². The van der Waals surface area contributed by atoms with E-state index in [1.807, 2.05) is 0 Å². The quantitative estimate of drug-likeness (QED) is 0.672. The van der Waals surface area contributed by atoms with Crippen LogP contribution in [-0.2, 0) is 11.3 Å². The van der Waals surface area contributed by atoms with E-state index in [-0.39, 0.29) is 5.91 Å². The highest BCUT2D eigenvalue weighted by molar-refractivity contribution is 5.76. The van der Waals surface area contributed by atoms with Gasteiger partial charge in [0.2, 0.25) is 11.8 Å². The molecule has 0 radical (unpaired) electrons. The Hall–Kier alpha value is -3.45. The molecule has 27 heavy (non-hydrogen) atoms. The Morgan fingerprint density at radius 3 is 2.67 bits per heavy atom. The van der Waals surface area contributed by atoms with Crippen molar-refractivity contribution in [3.63, 3.8) is 0 Å². The van der Waals surface area contributed by atoms with Gasteiger partial charge in [-0.2, -0.15) is 15.5 Å². The zero-order chi connectivity index (χ0) is 19.3. The van der Waals surface area contributed by atoms with Crippen LogP contribution in [0.4, 0.5) is 0 Å². The summed E-state index contributed by atoms with van der Waals surface area (Å²) in [6.45, 7) is 0.351. The van der Waals surface area contributed by atoms with Crippen molar-refractivity contribution in [1.29, 1.82) is 5.26 Å². The van der Waals surface area contributed by atoms with Gasteiger partial charge in [-0.3, -0.25) is 4.79 Å². The molecule has 7 heteroatoms. The molecule has 0 N–H and O–H groups in total. The molecular formula is C20H19N5O2. The fourth-order valence-corrected chi connectivity index (χ4v) is 2.70. The number of carbonyl (C=O) groups is 1. The van der Waals surface area contributed by atoms with Gasteiger partial charge in [0.05, 0.1) is 23.9 Å². The predicted octanol–water partition coefficient (Wildman–Crippen LogP) is 3.53. The van der Waals surface area contributed by atoms with Gasteiger partial charge in [0.15, 0.2) is 5.66 Å². The van der Waals surface area contributed by atoms with E-state index in [0.29, 0.717) is 49.4 Å². The molecule has 0 aliphatic carbocycles. The second-order valence-corrected chi connectivity index (χ2v) is 6.47. The maximum atomic E-state index is 12.4. The Balaban J connectivity index is 1.52. The van der Waals surface area contributed by atoms with Crippen LogP contribution in [0.15, 0.2) is 45.2 Å². The first kappa shape index (κ1) is 18.3. The Morgan fingerprint density at radius 1 is 1.30 bits per heavy atom. The molecule has 1 aliphatic heterocycles. The standard InChI is InChI=1S/C20H19N5O2/c1-3-4-10-20(23-24-20)11-9-18(26)25(2)13-17-14-27-19(22-17)16-7-5-15(12-21)6-8-16/h1,5-8,14H,4,9-11,13H2,2H3. The summed E-state index contributed by atoms with van der Waals surface area (Å²) in [4.78, 5) is 18.4. The van der Waals surface area contributed by atoms with Gasteiger partial charge in [-0.1, -0.05) is 0 Å². The molecule has 1 aliphatic rings. The Bertz CT molecular complexity index is 925. The summed E-state index contributed by atoms with van der Waals surface area (Å²) in [5.41, 5.74) is 1.57. The third-order valence-corrected chi connectivity index (χ3v) is 4.43. The summed E-state index contributed by atoms with van der Waals surface area (Å²) >= 11 is 0. The first-order valence-corrected chi connectivity index (χ1v) is 8.62. The topological polar surface area (TPSA) is 94.8 Å². The molecule has 7 nitrogen and oxygen atoms in total. The number of hydrogen-bond donors (Lipinski definition) is 0. The number of carbonyl (C=O) groups excluding carboxylic acids is 1. The number of nitriles is 1. The third-order valence-electron chi connectivity index (χ3n) is 4.43. The molecule has 2 heterocycles. The lowest BCUT2D eigenvalue weighted by Gasteiger charge is -2.16. The van der Waals surface area contributed by atoms with E-state index in [0.717, 1.165) is 5.56 Å². The average Bonchev–Trinajstić information content (AvgIpc) is 3.32. The summed E-state index contributed by atoms with van der Waals surface area (Å²) in [6.07, 6.45) is 9.04.